The molecule has 1 aromatic heterocycles. The van der Waals surface area contributed by atoms with Crippen LogP contribution in [-0.2, 0) is 6.54 Å². The van der Waals surface area contributed by atoms with Crippen molar-refractivity contribution in [3.8, 4) is 11.8 Å². The Morgan fingerprint density at radius 1 is 1.37 bits per heavy atom. The van der Waals surface area contributed by atoms with E-state index in [4.69, 9.17) is 10.5 Å². The van der Waals surface area contributed by atoms with Gasteiger partial charge in [0.2, 0.25) is 0 Å². The second kappa shape index (κ2) is 10.4. The first kappa shape index (κ1) is 24.6. The number of amides is 1. The van der Waals surface area contributed by atoms with Gasteiger partial charge in [0.1, 0.15) is 28.9 Å². The number of unbranched alkanes of at least 4 members (excludes halogenated alkanes) is 1. The first-order valence-corrected chi connectivity index (χ1v) is 12.3. The second-order valence-corrected chi connectivity index (χ2v) is 9.30. The molecular weight excluding hydrogens is 444 g/mol. The number of nitriles is 1. The maximum absolute atomic E-state index is 13.9. The van der Waals surface area contributed by atoms with Crippen molar-refractivity contribution in [1.82, 2.24) is 9.47 Å². The highest BCUT2D eigenvalue weighted by atomic mass is 16.5. The topological polar surface area (TPSA) is 117 Å². The summed E-state index contributed by atoms with van der Waals surface area (Å²) in [6, 6.07) is 9.31. The molecule has 1 aromatic carbocycles. The fourth-order valence-electron chi connectivity index (χ4n) is 4.99. The summed E-state index contributed by atoms with van der Waals surface area (Å²) < 4.78 is 7.21. The fourth-order valence-corrected chi connectivity index (χ4v) is 4.99. The van der Waals surface area contributed by atoms with Crippen molar-refractivity contribution in [2.45, 2.75) is 58.3 Å². The molecule has 9 heteroatoms. The van der Waals surface area contributed by atoms with Gasteiger partial charge in [-0.1, -0.05) is 25.5 Å². The van der Waals surface area contributed by atoms with Crippen LogP contribution in [0.4, 0.5) is 11.5 Å². The summed E-state index contributed by atoms with van der Waals surface area (Å²) in [5.74, 6) is 0.923. The molecule has 2 aliphatic rings. The van der Waals surface area contributed by atoms with Gasteiger partial charge in [0.05, 0.1) is 25.5 Å². The van der Waals surface area contributed by atoms with E-state index in [1.54, 1.807) is 36.3 Å². The van der Waals surface area contributed by atoms with Crippen LogP contribution in [0.25, 0.3) is 0 Å². The third kappa shape index (κ3) is 4.71. The number of carbonyl (C=O) groups is 2. The number of ketones is 1. The number of aromatic nitrogens is 1. The molecule has 0 radical (unpaired) electrons. The number of rotatable bonds is 8. The molecule has 4 rings (SSSR count). The Morgan fingerprint density at radius 2 is 2.17 bits per heavy atom. The van der Waals surface area contributed by atoms with Gasteiger partial charge in [0, 0.05) is 31.2 Å². The van der Waals surface area contributed by atoms with Crippen LogP contribution in [0.2, 0.25) is 0 Å². The molecule has 1 saturated heterocycles. The van der Waals surface area contributed by atoms with Crippen molar-refractivity contribution in [2.75, 3.05) is 37.0 Å². The lowest BCUT2D eigenvalue weighted by molar-refractivity contribution is 0.0646. The van der Waals surface area contributed by atoms with Crippen LogP contribution in [0.3, 0.4) is 0 Å². The molecule has 0 aliphatic carbocycles. The van der Waals surface area contributed by atoms with Crippen molar-refractivity contribution in [3.63, 3.8) is 0 Å². The van der Waals surface area contributed by atoms with Crippen molar-refractivity contribution in [2.24, 2.45) is 5.73 Å². The molecule has 0 spiro atoms. The first-order chi connectivity index (χ1) is 16.9. The number of ether oxygens (including phenoxy) is 1. The van der Waals surface area contributed by atoms with Crippen LogP contribution in [0.15, 0.2) is 24.3 Å². The molecule has 3 heterocycles. The summed E-state index contributed by atoms with van der Waals surface area (Å²) in [5.41, 5.74) is 8.22. The molecule has 2 aromatic rings. The number of nitrogens with one attached hydrogen (secondary N) is 1. The molecule has 1 amide bonds. The van der Waals surface area contributed by atoms with E-state index in [0.29, 0.717) is 41.3 Å². The largest absolute Gasteiger partial charge is 0.497 e. The van der Waals surface area contributed by atoms with E-state index in [1.165, 1.54) is 0 Å². The minimum Gasteiger partial charge on any atom is -0.497 e. The molecule has 0 saturated carbocycles. The lowest BCUT2D eigenvalue weighted by Crippen LogP contribution is -2.50. The predicted molar refractivity (Wildman–Crippen MR) is 135 cm³/mol. The van der Waals surface area contributed by atoms with Crippen molar-refractivity contribution in [3.05, 3.63) is 41.1 Å². The molecule has 0 bridgehead atoms. The van der Waals surface area contributed by atoms with Crippen molar-refractivity contribution < 1.29 is 14.3 Å². The minimum atomic E-state index is -0.449. The molecule has 35 heavy (non-hydrogen) atoms. The van der Waals surface area contributed by atoms with E-state index < -0.39 is 6.17 Å². The molecule has 1 fully saturated rings. The summed E-state index contributed by atoms with van der Waals surface area (Å²) in [6.45, 7) is 5.90. The number of hydrogen-bond donors (Lipinski definition) is 2. The molecule has 2 aliphatic heterocycles. The number of methoxy groups -OCH3 is 1. The monoisotopic (exact) mass is 478 g/mol. The lowest BCUT2D eigenvalue weighted by Gasteiger charge is -2.35. The van der Waals surface area contributed by atoms with Crippen LogP contribution in [0, 0.1) is 11.3 Å². The number of nitrogens with zero attached hydrogens (tertiary/aromatic N) is 4. The lowest BCUT2D eigenvalue weighted by atomic mass is 10.1. The number of Topliss-reactive ketones (excluding diaryl/α,β-unsaturated/α-hetero) is 1. The van der Waals surface area contributed by atoms with Gasteiger partial charge in [-0.25, -0.2) is 0 Å². The Hall–Kier alpha value is -3.51. The molecule has 2 unspecified atom stereocenters. The number of nitrogens with two attached hydrogens (primary N) is 1. The van der Waals surface area contributed by atoms with E-state index in [1.807, 2.05) is 11.5 Å². The average Bonchev–Trinajstić information content (AvgIpc) is 3.18. The van der Waals surface area contributed by atoms with E-state index >= 15 is 0 Å². The Morgan fingerprint density at radius 3 is 2.86 bits per heavy atom. The van der Waals surface area contributed by atoms with E-state index in [-0.39, 0.29) is 24.3 Å². The molecule has 2 atom stereocenters. The zero-order valence-electron chi connectivity index (χ0n) is 20.7. The van der Waals surface area contributed by atoms with E-state index in [9.17, 15) is 14.9 Å². The highest BCUT2D eigenvalue weighted by molar-refractivity contribution is 6.07. The van der Waals surface area contributed by atoms with Crippen LogP contribution in [-0.4, -0.2) is 60.1 Å². The summed E-state index contributed by atoms with van der Waals surface area (Å²) >= 11 is 0. The predicted octanol–water partition coefficient (Wildman–Crippen LogP) is 3.19. The number of hydrogen-bond acceptors (Lipinski definition) is 7. The van der Waals surface area contributed by atoms with Crippen LogP contribution in [0.5, 0.6) is 5.75 Å². The Balaban J connectivity index is 1.72. The second-order valence-electron chi connectivity index (χ2n) is 9.30. The molecule has 186 valence electrons. The molecular formula is C26H34N6O3. The third-order valence-corrected chi connectivity index (χ3v) is 6.83. The van der Waals surface area contributed by atoms with Gasteiger partial charge in [-0.2, -0.15) is 5.26 Å². The van der Waals surface area contributed by atoms with Gasteiger partial charge in [-0.15, -0.1) is 0 Å². The number of carbonyl (C=O) groups excluding carboxylic acids is 2. The van der Waals surface area contributed by atoms with Crippen LogP contribution < -0.4 is 20.7 Å². The highest BCUT2D eigenvalue weighted by Gasteiger charge is 2.39. The smallest absolute Gasteiger partial charge is 0.274 e. The number of benzene rings is 1. The Bertz CT molecular complexity index is 1150. The van der Waals surface area contributed by atoms with Gasteiger partial charge in [0.25, 0.3) is 5.91 Å². The quantitative estimate of drug-likeness (QED) is 0.560. The summed E-state index contributed by atoms with van der Waals surface area (Å²) in [4.78, 5) is 30.6. The summed E-state index contributed by atoms with van der Waals surface area (Å²) in [6.07, 6.45) is 3.25. The zero-order valence-corrected chi connectivity index (χ0v) is 20.7. The van der Waals surface area contributed by atoms with E-state index in [0.717, 1.165) is 38.0 Å². The van der Waals surface area contributed by atoms with Crippen molar-refractivity contribution >= 4 is 23.2 Å². The van der Waals surface area contributed by atoms with Crippen LogP contribution in [0.1, 0.15) is 65.9 Å². The molecule has 9 nitrogen and oxygen atoms in total. The van der Waals surface area contributed by atoms with Crippen molar-refractivity contribution in [1.29, 1.82) is 5.26 Å². The maximum Gasteiger partial charge on any atom is 0.274 e. The number of fused-ring (bicyclic) bond motifs is 1. The van der Waals surface area contributed by atoms with Gasteiger partial charge < -0.3 is 30.2 Å². The third-order valence-electron chi connectivity index (χ3n) is 6.83. The Labute approximate surface area is 206 Å². The zero-order chi connectivity index (χ0) is 25.1. The highest BCUT2D eigenvalue weighted by Crippen LogP contribution is 2.39. The SMILES string of the molecule is CCCCn1c2c(c(C#N)c1N1CCCC(N)C1)NC(C)N(CC(=O)c1cccc(OC)c1)C2=O. The number of piperidine rings is 1. The fraction of sp³-hybridized carbons (Fsp3) is 0.500. The van der Waals surface area contributed by atoms with Gasteiger partial charge in [-0.3, -0.25) is 9.59 Å². The minimum absolute atomic E-state index is 0.0291. The van der Waals surface area contributed by atoms with Crippen LogP contribution >= 0.6 is 0 Å². The number of anilines is 2. The Kier molecular flexibility index (Phi) is 7.31. The van der Waals surface area contributed by atoms with E-state index in [2.05, 4.69) is 23.2 Å². The summed E-state index contributed by atoms with van der Waals surface area (Å²) in [7, 11) is 1.55. The maximum atomic E-state index is 13.9. The van der Waals surface area contributed by atoms with Gasteiger partial charge in [-0.05, 0) is 38.3 Å². The normalized spacial score (nSPS) is 19.7. The summed E-state index contributed by atoms with van der Waals surface area (Å²) in [5, 5.41) is 13.5. The van der Waals surface area contributed by atoms with Gasteiger partial charge in [0.15, 0.2) is 5.78 Å². The average molecular weight is 479 g/mol. The standard InChI is InChI=1S/C26H34N6O3/c1-4-5-12-31-24-23(21(14-27)25(31)30-11-7-9-19(28)15-30)29-17(2)32(26(24)34)16-22(33)18-8-6-10-20(13-18)35-3/h6,8,10,13,17,19,29H,4-5,7,9,11-12,15-16,28H2,1-3H3. The van der Waals surface area contributed by atoms with Gasteiger partial charge >= 0.3 is 0 Å². The molecule has 3 N–H and O–H groups in total. The first-order valence-electron chi connectivity index (χ1n) is 12.3.